The molecule has 8 heteroatoms. The third kappa shape index (κ3) is 2.86. The van der Waals surface area contributed by atoms with Crippen LogP contribution in [0.3, 0.4) is 0 Å². The molecule has 0 unspecified atom stereocenters. The Morgan fingerprint density at radius 1 is 1.33 bits per heavy atom. The fourth-order valence-corrected chi connectivity index (χ4v) is 2.63. The van der Waals surface area contributed by atoms with Crippen LogP contribution < -0.4 is 11.3 Å². The standard InChI is InChI=1S/C13H12N6OS/c14-18-11(20)7-21-12-6-10(9-4-2-1-3-5-9)17-13-15-8-16-19(12)13/h1-6,8H,7,14H2,(H,18,20). The molecular weight excluding hydrogens is 288 g/mol. The van der Waals surface area contributed by atoms with Gasteiger partial charge < -0.3 is 0 Å². The number of amides is 1. The van der Waals surface area contributed by atoms with Gasteiger partial charge in [0.05, 0.1) is 11.4 Å². The van der Waals surface area contributed by atoms with Gasteiger partial charge in [0.15, 0.2) is 0 Å². The molecule has 0 fully saturated rings. The monoisotopic (exact) mass is 300 g/mol. The van der Waals surface area contributed by atoms with Gasteiger partial charge in [-0.25, -0.2) is 10.8 Å². The molecule has 106 valence electrons. The Bertz CT molecular complexity index is 773. The number of hydrazine groups is 1. The summed E-state index contributed by atoms with van der Waals surface area (Å²) in [7, 11) is 0. The summed E-state index contributed by atoms with van der Waals surface area (Å²) in [5.74, 6) is 5.52. The summed E-state index contributed by atoms with van der Waals surface area (Å²) in [5.41, 5.74) is 3.87. The maximum atomic E-state index is 11.3. The molecule has 7 nitrogen and oxygen atoms in total. The fraction of sp³-hybridized carbons (Fsp3) is 0.0769. The second kappa shape index (κ2) is 5.90. The minimum atomic E-state index is -0.258. The lowest BCUT2D eigenvalue weighted by atomic mass is 10.1. The van der Waals surface area contributed by atoms with Crippen molar-refractivity contribution >= 4 is 23.4 Å². The summed E-state index contributed by atoms with van der Waals surface area (Å²) in [6.07, 6.45) is 1.43. The number of hydrogen-bond donors (Lipinski definition) is 2. The molecule has 3 rings (SSSR count). The molecule has 2 heterocycles. The van der Waals surface area contributed by atoms with Crippen molar-refractivity contribution in [2.75, 3.05) is 5.75 Å². The first-order valence-electron chi connectivity index (χ1n) is 6.16. The molecule has 0 aliphatic carbocycles. The summed E-state index contributed by atoms with van der Waals surface area (Å²) in [6, 6.07) is 11.7. The van der Waals surface area contributed by atoms with Crippen molar-refractivity contribution in [1.82, 2.24) is 25.0 Å². The lowest BCUT2D eigenvalue weighted by Gasteiger charge is -2.06. The molecule has 1 aromatic carbocycles. The van der Waals surface area contributed by atoms with Crippen molar-refractivity contribution in [2.45, 2.75) is 5.03 Å². The summed E-state index contributed by atoms with van der Waals surface area (Å²) in [5, 5.41) is 4.89. The Kier molecular flexibility index (Phi) is 3.80. The van der Waals surface area contributed by atoms with Gasteiger partial charge in [0, 0.05) is 5.56 Å². The Morgan fingerprint density at radius 3 is 2.90 bits per heavy atom. The normalized spacial score (nSPS) is 10.7. The largest absolute Gasteiger partial charge is 0.294 e. The fourth-order valence-electron chi connectivity index (χ4n) is 1.83. The van der Waals surface area contributed by atoms with Gasteiger partial charge >= 0.3 is 0 Å². The minimum Gasteiger partial charge on any atom is -0.294 e. The van der Waals surface area contributed by atoms with E-state index in [0.29, 0.717) is 5.78 Å². The zero-order chi connectivity index (χ0) is 14.7. The number of benzene rings is 1. The first-order valence-corrected chi connectivity index (χ1v) is 7.15. The number of fused-ring (bicyclic) bond motifs is 1. The maximum absolute atomic E-state index is 11.3. The number of hydrogen-bond acceptors (Lipinski definition) is 6. The molecule has 3 aromatic rings. The molecule has 0 atom stereocenters. The van der Waals surface area contributed by atoms with E-state index < -0.39 is 0 Å². The van der Waals surface area contributed by atoms with Crippen LogP contribution in [0.1, 0.15) is 0 Å². The molecule has 0 radical (unpaired) electrons. The topological polar surface area (TPSA) is 98.2 Å². The van der Waals surface area contributed by atoms with Crippen LogP contribution in [0.25, 0.3) is 17.0 Å². The molecule has 3 N–H and O–H groups in total. The van der Waals surface area contributed by atoms with E-state index in [-0.39, 0.29) is 11.7 Å². The SMILES string of the molecule is NNC(=O)CSc1cc(-c2ccccc2)nc2ncnn12. The second-order valence-electron chi connectivity index (χ2n) is 4.17. The van der Waals surface area contributed by atoms with E-state index >= 15 is 0 Å². The van der Waals surface area contributed by atoms with Crippen LogP contribution in [0.5, 0.6) is 0 Å². The van der Waals surface area contributed by atoms with Gasteiger partial charge in [0.2, 0.25) is 5.91 Å². The molecule has 1 amide bonds. The van der Waals surface area contributed by atoms with Crippen LogP contribution in [0.4, 0.5) is 0 Å². The highest BCUT2D eigenvalue weighted by molar-refractivity contribution is 7.99. The van der Waals surface area contributed by atoms with Crippen molar-refractivity contribution in [1.29, 1.82) is 0 Å². The van der Waals surface area contributed by atoms with Crippen LogP contribution in [0.15, 0.2) is 47.8 Å². The van der Waals surface area contributed by atoms with E-state index in [0.717, 1.165) is 16.3 Å². The van der Waals surface area contributed by atoms with E-state index in [1.807, 2.05) is 36.4 Å². The van der Waals surface area contributed by atoms with Gasteiger partial charge in [-0.3, -0.25) is 10.2 Å². The Labute approximate surface area is 124 Å². The maximum Gasteiger partial charge on any atom is 0.253 e. The molecule has 0 saturated carbocycles. The number of carbonyl (C=O) groups is 1. The lowest BCUT2D eigenvalue weighted by molar-refractivity contribution is -0.118. The van der Waals surface area contributed by atoms with E-state index in [9.17, 15) is 4.79 Å². The van der Waals surface area contributed by atoms with Gasteiger partial charge in [-0.2, -0.15) is 14.6 Å². The number of nitrogens with two attached hydrogens (primary N) is 1. The number of rotatable bonds is 4. The number of nitrogens with one attached hydrogen (secondary N) is 1. The van der Waals surface area contributed by atoms with Gasteiger partial charge in [0.1, 0.15) is 11.4 Å². The van der Waals surface area contributed by atoms with Crippen molar-refractivity contribution in [3.8, 4) is 11.3 Å². The van der Waals surface area contributed by atoms with Gasteiger partial charge in [0.25, 0.3) is 5.78 Å². The second-order valence-corrected chi connectivity index (χ2v) is 5.17. The van der Waals surface area contributed by atoms with Crippen molar-refractivity contribution < 1.29 is 4.79 Å². The average Bonchev–Trinajstić information content (AvgIpc) is 3.01. The number of aromatic nitrogens is 4. The lowest BCUT2D eigenvalue weighted by Crippen LogP contribution is -2.31. The first kappa shape index (κ1) is 13.5. The van der Waals surface area contributed by atoms with Gasteiger partial charge in [-0.1, -0.05) is 42.1 Å². The van der Waals surface area contributed by atoms with E-state index in [2.05, 4.69) is 20.5 Å². The predicted octanol–water partition coefficient (Wildman–Crippen LogP) is 0.873. The van der Waals surface area contributed by atoms with Crippen molar-refractivity contribution in [3.05, 3.63) is 42.7 Å². The van der Waals surface area contributed by atoms with Gasteiger partial charge in [-0.05, 0) is 6.07 Å². The van der Waals surface area contributed by atoms with Crippen LogP contribution >= 0.6 is 11.8 Å². The zero-order valence-corrected chi connectivity index (χ0v) is 11.7. The van der Waals surface area contributed by atoms with Gasteiger partial charge in [-0.15, -0.1) is 0 Å². The quantitative estimate of drug-likeness (QED) is 0.244. The van der Waals surface area contributed by atoms with Crippen LogP contribution in [-0.2, 0) is 4.79 Å². The minimum absolute atomic E-state index is 0.198. The van der Waals surface area contributed by atoms with Crippen molar-refractivity contribution in [3.63, 3.8) is 0 Å². The Balaban J connectivity index is 2.01. The first-order chi connectivity index (χ1) is 10.3. The third-order valence-electron chi connectivity index (χ3n) is 2.80. The smallest absolute Gasteiger partial charge is 0.253 e. The number of thioether (sulfide) groups is 1. The zero-order valence-electron chi connectivity index (χ0n) is 10.9. The molecular formula is C13H12N6OS. The van der Waals surface area contributed by atoms with Crippen LogP contribution in [0, 0.1) is 0 Å². The molecule has 0 saturated heterocycles. The highest BCUT2D eigenvalue weighted by Gasteiger charge is 2.11. The summed E-state index contributed by atoms with van der Waals surface area (Å²) in [4.78, 5) is 19.9. The molecule has 0 spiro atoms. The predicted molar refractivity (Wildman–Crippen MR) is 79.3 cm³/mol. The molecule has 0 aliphatic rings. The van der Waals surface area contributed by atoms with E-state index in [4.69, 9.17) is 5.84 Å². The highest BCUT2D eigenvalue weighted by Crippen LogP contribution is 2.24. The summed E-state index contributed by atoms with van der Waals surface area (Å²) < 4.78 is 1.60. The highest BCUT2D eigenvalue weighted by atomic mass is 32.2. The summed E-state index contributed by atoms with van der Waals surface area (Å²) >= 11 is 1.32. The summed E-state index contributed by atoms with van der Waals surface area (Å²) in [6.45, 7) is 0. The average molecular weight is 300 g/mol. The molecule has 0 bridgehead atoms. The van der Waals surface area contributed by atoms with Crippen LogP contribution in [0.2, 0.25) is 0 Å². The van der Waals surface area contributed by atoms with Crippen LogP contribution in [-0.4, -0.2) is 31.2 Å². The molecule has 0 aliphatic heterocycles. The molecule has 21 heavy (non-hydrogen) atoms. The van der Waals surface area contributed by atoms with E-state index in [1.165, 1.54) is 18.1 Å². The molecule has 2 aromatic heterocycles. The Morgan fingerprint density at radius 2 is 2.14 bits per heavy atom. The third-order valence-corrected chi connectivity index (χ3v) is 3.79. The number of nitrogens with zero attached hydrogens (tertiary/aromatic N) is 4. The van der Waals surface area contributed by atoms with E-state index in [1.54, 1.807) is 4.52 Å². The van der Waals surface area contributed by atoms with Crippen molar-refractivity contribution in [2.24, 2.45) is 5.84 Å². The Hall–Kier alpha value is -2.45. The number of carbonyl (C=O) groups excluding carboxylic acids is 1.